The number of hydrogen-bond acceptors (Lipinski definition) is 4. The molecule has 2 heterocycles. The van der Waals surface area contributed by atoms with Crippen molar-refractivity contribution in [3.8, 4) is 0 Å². The van der Waals surface area contributed by atoms with E-state index in [0.29, 0.717) is 6.04 Å². The molecule has 2 aliphatic heterocycles. The molecule has 1 unspecified atom stereocenters. The lowest BCUT2D eigenvalue weighted by atomic mass is 10.1. The van der Waals surface area contributed by atoms with Crippen LogP contribution in [0.5, 0.6) is 0 Å². The molecule has 0 bridgehead atoms. The summed E-state index contributed by atoms with van der Waals surface area (Å²) in [5, 5.41) is 6.35. The number of nitrogens with zero attached hydrogens (tertiary/aromatic N) is 1. The largest absolute Gasteiger partial charge is 0.368 e. The Labute approximate surface area is 109 Å². The van der Waals surface area contributed by atoms with Crippen LogP contribution in [0, 0.1) is 0 Å². The fourth-order valence-electron chi connectivity index (χ4n) is 2.71. The van der Waals surface area contributed by atoms with Gasteiger partial charge in [0.2, 0.25) is 5.91 Å². The minimum Gasteiger partial charge on any atom is -0.368 e. The average molecular weight is 255 g/mol. The second kappa shape index (κ2) is 7.07. The number of piperidine rings is 2. The zero-order valence-corrected chi connectivity index (χ0v) is 11.3. The maximum Gasteiger partial charge on any atom is 0.246 e. The summed E-state index contributed by atoms with van der Waals surface area (Å²) in [6.07, 6.45) is 4.53. The van der Waals surface area contributed by atoms with Gasteiger partial charge in [0, 0.05) is 12.6 Å². The maximum atomic E-state index is 11.8. The Balaban J connectivity index is 1.62. The van der Waals surface area contributed by atoms with Gasteiger partial charge in [-0.15, -0.1) is 0 Å². The van der Waals surface area contributed by atoms with Crippen molar-refractivity contribution in [3.05, 3.63) is 0 Å². The van der Waals surface area contributed by atoms with Crippen molar-refractivity contribution in [3.63, 3.8) is 0 Å². The number of nitrogens with one attached hydrogen (secondary N) is 2. The number of rotatable bonds is 4. The number of ether oxygens (including phenoxy) is 1. The SMILES string of the molecule is CN1CCCC(NC(=O)COC2CCNCC2)C1. The number of likely N-dealkylation sites (tertiary alicyclic amines) is 1. The lowest BCUT2D eigenvalue weighted by Gasteiger charge is -2.30. The van der Waals surface area contributed by atoms with Crippen LogP contribution in [-0.4, -0.2) is 62.8 Å². The van der Waals surface area contributed by atoms with Crippen LogP contribution in [0.4, 0.5) is 0 Å². The Kier molecular flexibility index (Phi) is 5.41. The van der Waals surface area contributed by atoms with Crippen molar-refractivity contribution in [2.24, 2.45) is 0 Å². The molecule has 2 N–H and O–H groups in total. The zero-order valence-electron chi connectivity index (χ0n) is 11.3. The number of likely N-dealkylation sites (N-methyl/N-ethyl adjacent to an activating group) is 1. The van der Waals surface area contributed by atoms with E-state index in [4.69, 9.17) is 4.74 Å². The Morgan fingerprint density at radius 2 is 2.17 bits per heavy atom. The van der Waals surface area contributed by atoms with E-state index in [1.807, 2.05) is 0 Å². The molecule has 2 rings (SSSR count). The first-order valence-corrected chi connectivity index (χ1v) is 7.04. The van der Waals surface area contributed by atoms with Gasteiger partial charge < -0.3 is 20.3 Å². The molecule has 1 atom stereocenters. The van der Waals surface area contributed by atoms with E-state index in [9.17, 15) is 4.79 Å². The monoisotopic (exact) mass is 255 g/mol. The Bertz CT molecular complexity index is 267. The third kappa shape index (κ3) is 4.55. The first kappa shape index (κ1) is 13.8. The van der Waals surface area contributed by atoms with Crippen molar-refractivity contribution >= 4 is 5.91 Å². The van der Waals surface area contributed by atoms with Gasteiger partial charge in [0.05, 0.1) is 6.10 Å². The van der Waals surface area contributed by atoms with Crippen LogP contribution in [0.3, 0.4) is 0 Å². The summed E-state index contributed by atoms with van der Waals surface area (Å²) in [5.41, 5.74) is 0. The van der Waals surface area contributed by atoms with Crippen molar-refractivity contribution in [1.82, 2.24) is 15.5 Å². The number of hydrogen-bond donors (Lipinski definition) is 2. The molecule has 2 fully saturated rings. The minimum absolute atomic E-state index is 0.0360. The van der Waals surface area contributed by atoms with Crippen molar-refractivity contribution in [1.29, 1.82) is 0 Å². The smallest absolute Gasteiger partial charge is 0.246 e. The fourth-order valence-corrected chi connectivity index (χ4v) is 2.71. The highest BCUT2D eigenvalue weighted by Gasteiger charge is 2.20. The molecular weight excluding hydrogens is 230 g/mol. The standard InChI is InChI=1S/C13H25N3O2/c1-16-8-2-3-11(9-16)15-13(17)10-18-12-4-6-14-7-5-12/h11-12,14H,2-10H2,1H3,(H,15,17). The second-order valence-corrected chi connectivity index (χ2v) is 5.43. The van der Waals surface area contributed by atoms with Crippen LogP contribution in [0.1, 0.15) is 25.7 Å². The van der Waals surface area contributed by atoms with Gasteiger partial charge in [-0.3, -0.25) is 4.79 Å². The van der Waals surface area contributed by atoms with Crippen LogP contribution in [0.15, 0.2) is 0 Å². The molecule has 18 heavy (non-hydrogen) atoms. The third-order valence-electron chi connectivity index (χ3n) is 3.73. The number of carbonyl (C=O) groups excluding carboxylic acids is 1. The Hall–Kier alpha value is -0.650. The average Bonchev–Trinajstić information content (AvgIpc) is 2.38. The predicted octanol–water partition coefficient (Wildman–Crippen LogP) is -0.0346. The van der Waals surface area contributed by atoms with E-state index >= 15 is 0 Å². The van der Waals surface area contributed by atoms with Crippen LogP contribution in [-0.2, 0) is 9.53 Å². The highest BCUT2D eigenvalue weighted by Crippen LogP contribution is 2.09. The fraction of sp³-hybridized carbons (Fsp3) is 0.923. The quantitative estimate of drug-likeness (QED) is 0.740. The highest BCUT2D eigenvalue weighted by molar-refractivity contribution is 5.77. The van der Waals surface area contributed by atoms with E-state index in [0.717, 1.165) is 51.9 Å². The molecule has 2 aliphatic rings. The third-order valence-corrected chi connectivity index (χ3v) is 3.73. The van der Waals surface area contributed by atoms with Gasteiger partial charge in [-0.1, -0.05) is 0 Å². The topological polar surface area (TPSA) is 53.6 Å². The Morgan fingerprint density at radius 1 is 1.39 bits per heavy atom. The molecule has 0 radical (unpaired) electrons. The normalized spacial score (nSPS) is 27.1. The van der Waals surface area contributed by atoms with Gasteiger partial charge in [0.25, 0.3) is 0 Å². The summed E-state index contributed by atoms with van der Waals surface area (Å²) in [6.45, 7) is 4.31. The van der Waals surface area contributed by atoms with Crippen molar-refractivity contribution < 1.29 is 9.53 Å². The van der Waals surface area contributed by atoms with Gasteiger partial charge in [0.15, 0.2) is 0 Å². The summed E-state index contributed by atoms with van der Waals surface area (Å²) in [6, 6.07) is 0.299. The first-order chi connectivity index (χ1) is 8.74. The molecule has 0 aromatic carbocycles. The van der Waals surface area contributed by atoms with Gasteiger partial charge in [-0.05, 0) is 52.4 Å². The molecule has 0 saturated carbocycles. The summed E-state index contributed by atoms with van der Waals surface area (Å²) in [4.78, 5) is 14.1. The van der Waals surface area contributed by atoms with Crippen molar-refractivity contribution in [2.75, 3.05) is 39.8 Å². The molecule has 0 aromatic rings. The van der Waals surface area contributed by atoms with E-state index < -0.39 is 0 Å². The summed E-state index contributed by atoms with van der Waals surface area (Å²) in [7, 11) is 2.10. The van der Waals surface area contributed by atoms with E-state index in [-0.39, 0.29) is 18.6 Å². The van der Waals surface area contributed by atoms with Gasteiger partial charge in [0.1, 0.15) is 6.61 Å². The summed E-state index contributed by atoms with van der Waals surface area (Å²) in [5.74, 6) is 0.0360. The molecule has 5 nitrogen and oxygen atoms in total. The molecule has 5 heteroatoms. The lowest BCUT2D eigenvalue weighted by Crippen LogP contribution is -2.47. The summed E-state index contributed by atoms with van der Waals surface area (Å²) < 4.78 is 5.65. The van der Waals surface area contributed by atoms with E-state index in [1.54, 1.807) is 0 Å². The molecule has 1 amide bonds. The number of carbonyl (C=O) groups is 1. The zero-order chi connectivity index (χ0) is 12.8. The molecule has 0 aliphatic carbocycles. The number of amides is 1. The Morgan fingerprint density at radius 3 is 2.89 bits per heavy atom. The lowest BCUT2D eigenvalue weighted by molar-refractivity contribution is -0.129. The van der Waals surface area contributed by atoms with Crippen LogP contribution < -0.4 is 10.6 Å². The second-order valence-electron chi connectivity index (χ2n) is 5.43. The summed E-state index contributed by atoms with van der Waals surface area (Å²) >= 11 is 0. The van der Waals surface area contributed by atoms with Gasteiger partial charge >= 0.3 is 0 Å². The van der Waals surface area contributed by atoms with E-state index in [2.05, 4.69) is 22.6 Å². The molecule has 2 saturated heterocycles. The molecule has 0 aromatic heterocycles. The maximum absolute atomic E-state index is 11.8. The molecule has 104 valence electrons. The van der Waals surface area contributed by atoms with Gasteiger partial charge in [-0.2, -0.15) is 0 Å². The molecular formula is C13H25N3O2. The van der Waals surface area contributed by atoms with Crippen LogP contribution >= 0.6 is 0 Å². The first-order valence-electron chi connectivity index (χ1n) is 7.04. The molecule has 0 spiro atoms. The predicted molar refractivity (Wildman–Crippen MR) is 70.5 cm³/mol. The van der Waals surface area contributed by atoms with Crippen molar-refractivity contribution in [2.45, 2.75) is 37.8 Å². The van der Waals surface area contributed by atoms with E-state index in [1.165, 1.54) is 0 Å². The highest BCUT2D eigenvalue weighted by atomic mass is 16.5. The van der Waals surface area contributed by atoms with Crippen LogP contribution in [0.2, 0.25) is 0 Å². The van der Waals surface area contributed by atoms with Crippen LogP contribution in [0.25, 0.3) is 0 Å². The minimum atomic E-state index is 0.0360. The van der Waals surface area contributed by atoms with Gasteiger partial charge in [-0.25, -0.2) is 0 Å².